The summed E-state index contributed by atoms with van der Waals surface area (Å²) in [6.45, 7) is 8.88. The van der Waals surface area contributed by atoms with Crippen LogP contribution in [0.4, 0.5) is 11.4 Å². The van der Waals surface area contributed by atoms with Gasteiger partial charge in [0.25, 0.3) is 0 Å². The van der Waals surface area contributed by atoms with Crippen LogP contribution in [0.5, 0.6) is 11.5 Å². The highest BCUT2D eigenvalue weighted by Gasteiger charge is 2.37. The summed E-state index contributed by atoms with van der Waals surface area (Å²) >= 11 is 2.28. The number of hydrogen-bond acceptors (Lipinski definition) is 4. The van der Waals surface area contributed by atoms with E-state index in [0.29, 0.717) is 25.0 Å². The molecule has 1 N–H and O–H groups in total. The van der Waals surface area contributed by atoms with Crippen molar-refractivity contribution in [2.45, 2.75) is 32.2 Å². The molecule has 0 saturated heterocycles. The number of fused-ring (bicyclic) bond motifs is 3. The number of aryl methyl sites for hydroxylation is 1. The molecular weight excluding hydrogens is 559 g/mol. The van der Waals surface area contributed by atoms with Crippen LogP contribution in [-0.2, 0) is 0 Å². The third-order valence-electron chi connectivity index (χ3n) is 6.81. The number of nitrogens with zero attached hydrogens (tertiary/aromatic N) is 1. The summed E-state index contributed by atoms with van der Waals surface area (Å²) in [6, 6.07) is 19.7. The molecule has 5 heteroatoms. The summed E-state index contributed by atoms with van der Waals surface area (Å²) in [5.74, 6) is 2.48. The topological polar surface area (TPSA) is 42.8 Å². The lowest BCUT2D eigenvalue weighted by molar-refractivity contribution is 0.295. The van der Waals surface area contributed by atoms with Crippen LogP contribution >= 0.6 is 22.6 Å². The Balaban J connectivity index is 1.35. The second kappa shape index (κ2) is 10.9. The normalized spacial score (nSPS) is 20.0. The molecule has 5 rings (SSSR count). The zero-order valence-electron chi connectivity index (χ0n) is 20.7. The number of halogens is 1. The first kappa shape index (κ1) is 24.6. The van der Waals surface area contributed by atoms with Crippen LogP contribution in [-0.4, -0.2) is 19.4 Å². The molecule has 4 nitrogen and oxygen atoms in total. The van der Waals surface area contributed by atoms with Crippen LogP contribution in [0.2, 0.25) is 0 Å². The second-order valence-electron chi connectivity index (χ2n) is 9.28. The number of benzene rings is 3. The van der Waals surface area contributed by atoms with Crippen LogP contribution < -0.4 is 14.8 Å². The predicted molar refractivity (Wildman–Crippen MR) is 157 cm³/mol. The molecule has 2 aliphatic rings. The van der Waals surface area contributed by atoms with Gasteiger partial charge in [-0.2, -0.15) is 0 Å². The van der Waals surface area contributed by atoms with Crippen molar-refractivity contribution >= 4 is 40.2 Å². The summed E-state index contributed by atoms with van der Waals surface area (Å²) in [6.07, 6.45) is 9.44. The van der Waals surface area contributed by atoms with Crippen molar-refractivity contribution in [2.75, 3.05) is 18.5 Å². The Labute approximate surface area is 227 Å². The van der Waals surface area contributed by atoms with E-state index in [1.54, 1.807) is 6.08 Å². The summed E-state index contributed by atoms with van der Waals surface area (Å²) in [5, 5.41) is 3.82. The third kappa shape index (κ3) is 5.07. The molecule has 0 unspecified atom stereocenters. The van der Waals surface area contributed by atoms with Crippen LogP contribution in [0.25, 0.3) is 0 Å². The van der Waals surface area contributed by atoms with Crippen molar-refractivity contribution in [1.29, 1.82) is 0 Å². The fraction of sp³-hybridized carbons (Fsp3) is 0.258. The van der Waals surface area contributed by atoms with Crippen LogP contribution in [0.15, 0.2) is 84.4 Å². The van der Waals surface area contributed by atoms with Crippen molar-refractivity contribution < 1.29 is 9.47 Å². The Bertz CT molecular complexity index is 1310. The molecule has 0 aromatic heterocycles. The first-order valence-corrected chi connectivity index (χ1v) is 13.5. The molecule has 3 aromatic carbocycles. The molecule has 1 aliphatic carbocycles. The van der Waals surface area contributed by atoms with Crippen LogP contribution in [0.3, 0.4) is 0 Å². The van der Waals surface area contributed by atoms with Gasteiger partial charge in [0.1, 0.15) is 6.61 Å². The number of allylic oxidation sites excluding steroid dienone is 2. The summed E-state index contributed by atoms with van der Waals surface area (Å²) in [4.78, 5) is 4.74. The Morgan fingerprint density at radius 1 is 1.11 bits per heavy atom. The molecule has 0 amide bonds. The van der Waals surface area contributed by atoms with E-state index in [1.807, 2.05) is 19.2 Å². The predicted octanol–water partition coefficient (Wildman–Crippen LogP) is 8.14. The van der Waals surface area contributed by atoms with Crippen molar-refractivity contribution in [2.24, 2.45) is 10.9 Å². The minimum absolute atomic E-state index is 0.289. The van der Waals surface area contributed by atoms with Gasteiger partial charge in [-0.3, -0.25) is 4.99 Å². The number of ether oxygens (including phenoxy) is 2. The van der Waals surface area contributed by atoms with Crippen LogP contribution in [0.1, 0.15) is 47.6 Å². The fourth-order valence-corrected chi connectivity index (χ4v) is 5.95. The van der Waals surface area contributed by atoms with E-state index in [1.165, 1.54) is 22.4 Å². The number of nitrogens with one attached hydrogen (secondary N) is 1. The van der Waals surface area contributed by atoms with Gasteiger partial charge in [0.2, 0.25) is 0 Å². The molecule has 0 bridgehead atoms. The van der Waals surface area contributed by atoms with Gasteiger partial charge >= 0.3 is 0 Å². The van der Waals surface area contributed by atoms with Crippen molar-refractivity contribution in [3.05, 3.63) is 105 Å². The van der Waals surface area contributed by atoms with Gasteiger partial charge in [-0.1, -0.05) is 54.6 Å². The van der Waals surface area contributed by atoms with E-state index >= 15 is 0 Å². The summed E-state index contributed by atoms with van der Waals surface area (Å²) < 4.78 is 12.6. The highest BCUT2D eigenvalue weighted by molar-refractivity contribution is 14.1. The first-order valence-electron chi connectivity index (χ1n) is 12.4. The molecule has 1 heterocycles. The number of anilines is 1. The Hall–Kier alpha value is -3.06. The van der Waals surface area contributed by atoms with E-state index in [0.717, 1.165) is 32.7 Å². The Morgan fingerprint density at radius 2 is 1.94 bits per heavy atom. The van der Waals surface area contributed by atoms with E-state index in [4.69, 9.17) is 14.5 Å². The lowest BCUT2D eigenvalue weighted by Crippen LogP contribution is -2.29. The molecule has 0 saturated carbocycles. The standard InChI is InChI=1S/C31H31IN2O2/c1-4-15-36-31-27(32)17-21(18-29(31)35-5-2)19-33-23-12-10-22(11-13-23)30-25-8-6-7-24(25)26-16-20(3)9-14-28(26)34-30/h4,6-7,9-14,16-19,24-25,30,34H,1,5,8,15H2,2-3H3/t24-,25-,30+/m1/s1. The highest BCUT2D eigenvalue weighted by atomic mass is 127. The zero-order chi connectivity index (χ0) is 25.1. The molecule has 1 aliphatic heterocycles. The largest absolute Gasteiger partial charge is 0.490 e. The van der Waals surface area contributed by atoms with Gasteiger partial charge in [0, 0.05) is 17.8 Å². The first-order chi connectivity index (χ1) is 17.6. The van der Waals surface area contributed by atoms with Gasteiger partial charge in [0.15, 0.2) is 11.5 Å². The Morgan fingerprint density at radius 3 is 2.72 bits per heavy atom. The average Bonchev–Trinajstić information content (AvgIpc) is 3.38. The summed E-state index contributed by atoms with van der Waals surface area (Å²) in [7, 11) is 0. The molecule has 184 valence electrons. The molecule has 3 atom stereocenters. The minimum atomic E-state index is 0.289. The van der Waals surface area contributed by atoms with Gasteiger partial charge in [-0.25, -0.2) is 0 Å². The maximum atomic E-state index is 5.82. The molecule has 0 spiro atoms. The molecule has 0 radical (unpaired) electrons. The number of hydrogen-bond donors (Lipinski definition) is 1. The highest BCUT2D eigenvalue weighted by Crippen LogP contribution is 2.50. The van der Waals surface area contributed by atoms with E-state index in [-0.39, 0.29) is 6.04 Å². The van der Waals surface area contributed by atoms with Gasteiger partial charge in [-0.05, 0) is 95.8 Å². The average molecular weight is 591 g/mol. The van der Waals surface area contributed by atoms with Crippen molar-refractivity contribution in [1.82, 2.24) is 0 Å². The molecule has 0 fully saturated rings. The number of rotatable bonds is 8. The smallest absolute Gasteiger partial charge is 0.174 e. The van der Waals surface area contributed by atoms with Gasteiger partial charge in [0.05, 0.1) is 21.9 Å². The Kier molecular flexibility index (Phi) is 7.46. The quantitative estimate of drug-likeness (QED) is 0.164. The monoisotopic (exact) mass is 590 g/mol. The van der Waals surface area contributed by atoms with E-state index < -0.39 is 0 Å². The maximum absolute atomic E-state index is 5.82. The van der Waals surface area contributed by atoms with Crippen molar-refractivity contribution in [3.8, 4) is 11.5 Å². The lowest BCUT2D eigenvalue weighted by atomic mass is 9.76. The summed E-state index contributed by atoms with van der Waals surface area (Å²) in [5.41, 5.74) is 7.19. The zero-order valence-corrected chi connectivity index (χ0v) is 22.9. The van der Waals surface area contributed by atoms with Gasteiger partial charge in [-0.15, -0.1) is 0 Å². The van der Waals surface area contributed by atoms with Gasteiger partial charge < -0.3 is 14.8 Å². The minimum Gasteiger partial charge on any atom is -0.490 e. The fourth-order valence-electron chi connectivity index (χ4n) is 5.17. The SMILES string of the molecule is C=CCOc1c(I)cc(C=Nc2ccc([C@@H]3Nc4ccc(C)cc4[C@@H]4C=CC[C@H]43)cc2)cc1OCC. The number of aliphatic imine (C=N–C) groups is 1. The van der Waals surface area contributed by atoms with E-state index in [2.05, 4.69) is 102 Å². The molecule has 36 heavy (non-hydrogen) atoms. The lowest BCUT2D eigenvalue weighted by Gasteiger charge is -2.37. The van der Waals surface area contributed by atoms with Crippen LogP contribution in [0, 0.1) is 16.4 Å². The second-order valence-corrected chi connectivity index (χ2v) is 10.4. The molecular formula is C31H31IN2O2. The maximum Gasteiger partial charge on any atom is 0.174 e. The third-order valence-corrected chi connectivity index (χ3v) is 7.61. The van der Waals surface area contributed by atoms with E-state index in [9.17, 15) is 0 Å². The van der Waals surface area contributed by atoms with Crippen molar-refractivity contribution in [3.63, 3.8) is 0 Å². The molecule has 3 aromatic rings.